The smallest absolute Gasteiger partial charge is 0.416 e. The zero-order valence-electron chi connectivity index (χ0n) is 16.0. The van der Waals surface area contributed by atoms with Gasteiger partial charge in [0.15, 0.2) is 0 Å². The molecule has 11 heteroatoms. The molecule has 0 saturated heterocycles. The zero-order valence-corrected chi connectivity index (χ0v) is 16.8. The molecule has 1 amide bonds. The molecule has 0 aliphatic rings. The summed E-state index contributed by atoms with van der Waals surface area (Å²) in [5.74, 6) is -0.534. The first kappa shape index (κ1) is 21.8. The minimum absolute atomic E-state index is 0.0440. The van der Waals surface area contributed by atoms with E-state index in [0.717, 1.165) is 23.5 Å². The third-order valence-electron chi connectivity index (χ3n) is 4.32. The molecule has 2 heterocycles. The van der Waals surface area contributed by atoms with E-state index in [2.05, 4.69) is 10.3 Å². The van der Waals surface area contributed by atoms with E-state index in [1.165, 1.54) is 23.0 Å². The summed E-state index contributed by atoms with van der Waals surface area (Å²) in [6, 6.07) is 4.29. The van der Waals surface area contributed by atoms with Gasteiger partial charge in [-0.3, -0.25) is 9.59 Å². The van der Waals surface area contributed by atoms with Gasteiger partial charge in [0.2, 0.25) is 0 Å². The highest BCUT2D eigenvalue weighted by Crippen LogP contribution is 2.31. The Balaban J connectivity index is 1.60. The van der Waals surface area contributed by atoms with Crippen molar-refractivity contribution in [1.29, 1.82) is 0 Å². The number of aromatic nitrogens is 2. The highest BCUT2D eigenvalue weighted by Gasteiger charge is 2.30. The second-order valence-corrected chi connectivity index (χ2v) is 7.60. The van der Waals surface area contributed by atoms with Gasteiger partial charge in [0.1, 0.15) is 23.3 Å². The van der Waals surface area contributed by atoms with Crippen LogP contribution < -0.4 is 15.6 Å². The van der Waals surface area contributed by atoms with Gasteiger partial charge in [0.25, 0.3) is 11.5 Å². The molecule has 160 valence electrons. The highest BCUT2D eigenvalue weighted by molar-refractivity contribution is 7.20. The van der Waals surface area contributed by atoms with E-state index in [9.17, 15) is 27.9 Å². The minimum Gasteiger partial charge on any atom is -0.491 e. The number of amides is 1. The third-order valence-corrected chi connectivity index (χ3v) is 5.52. The fourth-order valence-corrected chi connectivity index (χ4v) is 3.79. The number of hydrogen-bond acceptors (Lipinski definition) is 6. The van der Waals surface area contributed by atoms with Gasteiger partial charge in [-0.25, -0.2) is 4.98 Å². The summed E-state index contributed by atoms with van der Waals surface area (Å²) in [6.07, 6.45) is -4.27. The average molecular weight is 441 g/mol. The SMILES string of the molecule is Cc1c(C(=O)NCC(O)COc2cccc(C(F)(F)F)c2)sc2ncn(C)c(=O)c12. The molecular formula is C19H18F3N3O4S. The van der Waals surface area contributed by atoms with Crippen LogP contribution in [0.1, 0.15) is 20.8 Å². The number of nitrogens with zero attached hydrogens (tertiary/aromatic N) is 2. The number of rotatable bonds is 6. The van der Waals surface area contributed by atoms with Crippen molar-refractivity contribution in [3.8, 4) is 5.75 Å². The Kier molecular flexibility index (Phi) is 6.13. The number of aliphatic hydroxyl groups excluding tert-OH is 1. The fourth-order valence-electron chi connectivity index (χ4n) is 2.73. The fraction of sp³-hybridized carbons (Fsp3) is 0.316. The van der Waals surface area contributed by atoms with Gasteiger partial charge in [-0.2, -0.15) is 13.2 Å². The van der Waals surface area contributed by atoms with Crippen LogP contribution in [-0.2, 0) is 13.2 Å². The number of nitrogens with one attached hydrogen (secondary N) is 1. The summed E-state index contributed by atoms with van der Waals surface area (Å²) < 4.78 is 44.7. The quantitative estimate of drug-likeness (QED) is 0.613. The van der Waals surface area contributed by atoms with Crippen molar-refractivity contribution in [3.63, 3.8) is 0 Å². The van der Waals surface area contributed by atoms with Crippen LogP contribution in [0.5, 0.6) is 5.75 Å². The van der Waals surface area contributed by atoms with Crippen LogP contribution in [0.2, 0.25) is 0 Å². The molecule has 3 rings (SSSR count). The summed E-state index contributed by atoms with van der Waals surface area (Å²) >= 11 is 1.06. The molecular weight excluding hydrogens is 423 g/mol. The summed E-state index contributed by atoms with van der Waals surface area (Å²) in [4.78, 5) is 29.6. The van der Waals surface area contributed by atoms with Crippen LogP contribution in [0.3, 0.4) is 0 Å². The van der Waals surface area contributed by atoms with Crippen LogP contribution in [-0.4, -0.2) is 39.8 Å². The average Bonchev–Trinajstić information content (AvgIpc) is 3.04. The maximum absolute atomic E-state index is 12.7. The van der Waals surface area contributed by atoms with Crippen LogP contribution >= 0.6 is 11.3 Å². The number of halogens is 3. The predicted octanol–water partition coefficient (Wildman–Crippen LogP) is 2.49. The van der Waals surface area contributed by atoms with E-state index < -0.39 is 23.8 Å². The van der Waals surface area contributed by atoms with Gasteiger partial charge in [0, 0.05) is 13.6 Å². The highest BCUT2D eigenvalue weighted by atomic mass is 32.1. The molecule has 0 bridgehead atoms. The maximum Gasteiger partial charge on any atom is 0.416 e. The van der Waals surface area contributed by atoms with E-state index in [1.54, 1.807) is 14.0 Å². The normalized spacial score (nSPS) is 12.7. The van der Waals surface area contributed by atoms with Crippen molar-refractivity contribution < 1.29 is 27.8 Å². The summed E-state index contributed by atoms with van der Waals surface area (Å²) in [7, 11) is 1.56. The molecule has 0 saturated carbocycles. The Morgan fingerprint density at radius 1 is 1.40 bits per heavy atom. The lowest BCUT2D eigenvalue weighted by Gasteiger charge is -2.14. The van der Waals surface area contributed by atoms with Crippen molar-refractivity contribution in [1.82, 2.24) is 14.9 Å². The molecule has 0 aliphatic carbocycles. The predicted molar refractivity (Wildman–Crippen MR) is 105 cm³/mol. The van der Waals surface area contributed by atoms with Gasteiger partial charge in [0.05, 0.1) is 22.2 Å². The first-order chi connectivity index (χ1) is 14.1. The standard InChI is InChI=1S/C19H18F3N3O4S/c1-10-14-17(24-9-25(2)18(14)28)30-15(10)16(27)23-7-12(26)8-29-13-5-3-4-11(6-13)19(20,21)22/h3-6,9,12,26H,7-8H2,1-2H3,(H,23,27). The van der Waals surface area contributed by atoms with Crippen LogP contribution in [0, 0.1) is 6.92 Å². The number of hydrogen-bond donors (Lipinski definition) is 2. The lowest BCUT2D eigenvalue weighted by molar-refractivity contribution is -0.137. The Morgan fingerprint density at radius 3 is 2.83 bits per heavy atom. The molecule has 0 radical (unpaired) electrons. The molecule has 0 fully saturated rings. The number of carbonyl (C=O) groups excluding carboxylic acids is 1. The van der Waals surface area contributed by atoms with Gasteiger partial charge < -0.3 is 19.7 Å². The van der Waals surface area contributed by atoms with Gasteiger partial charge in [-0.15, -0.1) is 11.3 Å². The van der Waals surface area contributed by atoms with E-state index in [1.807, 2.05) is 0 Å². The Hall–Kier alpha value is -2.92. The maximum atomic E-state index is 12.7. The van der Waals surface area contributed by atoms with E-state index in [0.29, 0.717) is 20.7 Å². The van der Waals surface area contributed by atoms with Gasteiger partial charge >= 0.3 is 6.18 Å². The number of fused-ring (bicyclic) bond motifs is 1. The Bertz CT molecular complexity index is 1140. The first-order valence-electron chi connectivity index (χ1n) is 8.79. The molecule has 2 aromatic heterocycles. The molecule has 1 atom stereocenters. The monoisotopic (exact) mass is 441 g/mol. The van der Waals surface area contributed by atoms with Crippen molar-refractivity contribution in [2.75, 3.05) is 13.2 Å². The molecule has 0 spiro atoms. The largest absolute Gasteiger partial charge is 0.491 e. The van der Waals surface area contributed by atoms with Gasteiger partial charge in [-0.1, -0.05) is 6.07 Å². The van der Waals surface area contributed by atoms with E-state index >= 15 is 0 Å². The Morgan fingerprint density at radius 2 is 2.13 bits per heavy atom. The number of alkyl halides is 3. The van der Waals surface area contributed by atoms with Crippen molar-refractivity contribution >= 4 is 27.5 Å². The van der Waals surface area contributed by atoms with Crippen LogP contribution in [0.15, 0.2) is 35.4 Å². The number of carbonyl (C=O) groups is 1. The van der Waals surface area contributed by atoms with Crippen molar-refractivity contribution in [2.45, 2.75) is 19.2 Å². The molecule has 2 N–H and O–H groups in total. The topological polar surface area (TPSA) is 93.4 Å². The first-order valence-corrected chi connectivity index (χ1v) is 9.60. The molecule has 1 unspecified atom stereocenters. The lowest BCUT2D eigenvalue weighted by atomic mass is 10.2. The number of aliphatic hydroxyl groups is 1. The summed E-state index contributed by atoms with van der Waals surface area (Å²) in [6.45, 7) is 1.15. The van der Waals surface area contributed by atoms with Gasteiger partial charge in [-0.05, 0) is 30.7 Å². The number of ether oxygens (including phenoxy) is 1. The second-order valence-electron chi connectivity index (χ2n) is 6.60. The molecule has 30 heavy (non-hydrogen) atoms. The van der Waals surface area contributed by atoms with Crippen LogP contribution in [0.25, 0.3) is 10.2 Å². The van der Waals surface area contributed by atoms with Crippen LogP contribution in [0.4, 0.5) is 13.2 Å². The second kappa shape index (κ2) is 8.44. The van der Waals surface area contributed by atoms with Crippen molar-refractivity contribution in [2.24, 2.45) is 7.05 Å². The zero-order chi connectivity index (χ0) is 22.1. The summed E-state index contributed by atoms with van der Waals surface area (Å²) in [5, 5.41) is 12.9. The molecule has 7 nitrogen and oxygen atoms in total. The Labute approximate surface area is 172 Å². The lowest BCUT2D eigenvalue weighted by Crippen LogP contribution is -2.35. The number of thiophene rings is 1. The number of benzene rings is 1. The third kappa shape index (κ3) is 4.62. The number of aryl methyl sites for hydroxylation is 2. The molecule has 0 aliphatic heterocycles. The molecule has 1 aromatic carbocycles. The van der Waals surface area contributed by atoms with E-state index in [-0.39, 0.29) is 24.5 Å². The van der Waals surface area contributed by atoms with E-state index in [4.69, 9.17) is 4.74 Å². The minimum atomic E-state index is -4.50. The van der Waals surface area contributed by atoms with Crippen molar-refractivity contribution in [3.05, 3.63) is 57.0 Å². The summed E-state index contributed by atoms with van der Waals surface area (Å²) in [5.41, 5.74) is -0.624. The molecule has 3 aromatic rings.